The van der Waals surface area contributed by atoms with Gasteiger partial charge in [0.05, 0.1) is 11.7 Å². The third-order valence-corrected chi connectivity index (χ3v) is 5.42. The van der Waals surface area contributed by atoms with Gasteiger partial charge in [-0.05, 0) is 23.8 Å². The standard InChI is InChI=1S/C22H26N6O2/c1-22(2)9-16(25-19(29)18-12-24-21(30)27-18)15-11-23-20(26-17(15)10-22)28(3)13-14-7-5-4-6-8-14/h4-8,11-12,16H,9-10,13H2,1-3H3,(H,25,29)(H2,24,27,30)/t16-/m0/s1. The van der Waals surface area contributed by atoms with Crippen LogP contribution in [0.3, 0.4) is 0 Å². The Balaban J connectivity index is 1.58. The number of benzene rings is 1. The predicted molar refractivity (Wildman–Crippen MR) is 114 cm³/mol. The van der Waals surface area contributed by atoms with Gasteiger partial charge in [-0.2, -0.15) is 0 Å². The fourth-order valence-corrected chi connectivity index (χ4v) is 3.97. The fraction of sp³-hybridized carbons (Fsp3) is 0.364. The molecule has 0 aliphatic heterocycles. The second-order valence-electron chi connectivity index (χ2n) is 8.64. The lowest BCUT2D eigenvalue weighted by Gasteiger charge is -2.36. The zero-order chi connectivity index (χ0) is 21.3. The molecule has 0 unspecified atom stereocenters. The minimum absolute atomic E-state index is 0.0277. The molecule has 2 heterocycles. The first-order valence-corrected chi connectivity index (χ1v) is 10.0. The quantitative estimate of drug-likeness (QED) is 0.604. The monoisotopic (exact) mass is 406 g/mol. The van der Waals surface area contributed by atoms with E-state index in [1.807, 2.05) is 36.3 Å². The average molecular weight is 406 g/mol. The van der Waals surface area contributed by atoms with Crippen LogP contribution in [0.15, 0.2) is 47.5 Å². The van der Waals surface area contributed by atoms with Crippen molar-refractivity contribution in [3.63, 3.8) is 0 Å². The number of nitrogens with one attached hydrogen (secondary N) is 3. The third-order valence-electron chi connectivity index (χ3n) is 5.42. The summed E-state index contributed by atoms with van der Waals surface area (Å²) < 4.78 is 0. The zero-order valence-electron chi connectivity index (χ0n) is 17.4. The number of hydrogen-bond acceptors (Lipinski definition) is 5. The Hall–Kier alpha value is -3.42. The highest BCUT2D eigenvalue weighted by atomic mass is 16.2. The van der Waals surface area contributed by atoms with Gasteiger partial charge < -0.3 is 20.2 Å². The van der Waals surface area contributed by atoms with Gasteiger partial charge in [-0.25, -0.2) is 14.8 Å². The molecule has 3 N–H and O–H groups in total. The van der Waals surface area contributed by atoms with E-state index < -0.39 is 5.69 Å². The molecule has 1 aliphatic rings. The first kappa shape index (κ1) is 19.9. The number of carbonyl (C=O) groups excluding carboxylic acids is 1. The van der Waals surface area contributed by atoms with Gasteiger partial charge >= 0.3 is 5.69 Å². The number of rotatable bonds is 5. The van der Waals surface area contributed by atoms with Crippen molar-refractivity contribution >= 4 is 11.9 Å². The van der Waals surface area contributed by atoms with Crippen LogP contribution in [0.25, 0.3) is 0 Å². The summed E-state index contributed by atoms with van der Waals surface area (Å²) in [6.45, 7) is 5.05. The minimum Gasteiger partial charge on any atom is -0.344 e. The molecule has 0 fully saturated rings. The Morgan fingerprint density at radius 1 is 1.30 bits per heavy atom. The van der Waals surface area contributed by atoms with Gasteiger partial charge in [0.15, 0.2) is 0 Å². The highest BCUT2D eigenvalue weighted by molar-refractivity contribution is 5.92. The summed E-state index contributed by atoms with van der Waals surface area (Å²) in [4.78, 5) is 40.3. The van der Waals surface area contributed by atoms with Crippen molar-refractivity contribution in [1.29, 1.82) is 0 Å². The summed E-state index contributed by atoms with van der Waals surface area (Å²) in [5.74, 6) is 0.336. The Kier molecular flexibility index (Phi) is 5.15. The molecule has 4 rings (SSSR count). The van der Waals surface area contributed by atoms with E-state index in [9.17, 15) is 9.59 Å². The van der Waals surface area contributed by atoms with Crippen LogP contribution >= 0.6 is 0 Å². The van der Waals surface area contributed by atoms with Gasteiger partial charge in [0.25, 0.3) is 5.91 Å². The molecule has 8 nitrogen and oxygen atoms in total. The molecule has 3 aromatic rings. The number of hydrogen-bond donors (Lipinski definition) is 3. The van der Waals surface area contributed by atoms with E-state index in [0.29, 0.717) is 12.5 Å². The van der Waals surface area contributed by atoms with Crippen LogP contribution in [0.1, 0.15) is 53.6 Å². The molecule has 0 radical (unpaired) electrons. The number of imidazole rings is 1. The number of fused-ring (bicyclic) bond motifs is 1. The van der Waals surface area contributed by atoms with Crippen molar-refractivity contribution in [3.8, 4) is 0 Å². The number of aromatic nitrogens is 4. The van der Waals surface area contributed by atoms with E-state index in [1.165, 1.54) is 11.8 Å². The molecule has 0 spiro atoms. The topological polar surface area (TPSA) is 107 Å². The molecule has 1 atom stereocenters. The largest absolute Gasteiger partial charge is 0.344 e. The Labute approximate surface area is 174 Å². The van der Waals surface area contributed by atoms with Crippen molar-refractivity contribution in [2.75, 3.05) is 11.9 Å². The van der Waals surface area contributed by atoms with Gasteiger partial charge in [-0.1, -0.05) is 44.2 Å². The van der Waals surface area contributed by atoms with E-state index in [-0.39, 0.29) is 23.1 Å². The van der Waals surface area contributed by atoms with Crippen LogP contribution in [0.4, 0.5) is 5.95 Å². The van der Waals surface area contributed by atoms with E-state index in [2.05, 4.69) is 46.2 Å². The molecular formula is C22H26N6O2. The first-order valence-electron chi connectivity index (χ1n) is 10.0. The Bertz CT molecular complexity index is 1100. The highest BCUT2D eigenvalue weighted by Gasteiger charge is 2.35. The molecule has 156 valence electrons. The van der Waals surface area contributed by atoms with Crippen LogP contribution in [-0.4, -0.2) is 32.9 Å². The summed E-state index contributed by atoms with van der Waals surface area (Å²) >= 11 is 0. The van der Waals surface area contributed by atoms with Gasteiger partial charge in [0.1, 0.15) is 5.69 Å². The molecule has 1 aromatic carbocycles. The minimum atomic E-state index is -0.404. The smallest absolute Gasteiger partial charge is 0.323 e. The SMILES string of the molecule is CN(Cc1ccccc1)c1ncc2c(n1)CC(C)(C)C[C@@H]2NC(=O)c1c[nH]c(=O)[nH]1. The maximum atomic E-state index is 12.6. The van der Waals surface area contributed by atoms with Crippen molar-refractivity contribution in [2.45, 2.75) is 39.3 Å². The Morgan fingerprint density at radius 3 is 2.77 bits per heavy atom. The van der Waals surface area contributed by atoms with Crippen LogP contribution in [0.5, 0.6) is 0 Å². The highest BCUT2D eigenvalue weighted by Crippen LogP contribution is 2.40. The summed E-state index contributed by atoms with van der Waals surface area (Å²) in [5.41, 5.74) is 2.85. The van der Waals surface area contributed by atoms with Gasteiger partial charge in [0.2, 0.25) is 5.95 Å². The van der Waals surface area contributed by atoms with E-state index >= 15 is 0 Å². The van der Waals surface area contributed by atoms with Gasteiger partial charge in [-0.3, -0.25) is 4.79 Å². The second kappa shape index (κ2) is 7.78. The van der Waals surface area contributed by atoms with Crippen LogP contribution in [0, 0.1) is 5.41 Å². The van der Waals surface area contributed by atoms with E-state index in [4.69, 9.17) is 4.98 Å². The number of carbonyl (C=O) groups is 1. The van der Waals surface area contributed by atoms with Crippen molar-refractivity contribution in [1.82, 2.24) is 25.3 Å². The lowest BCUT2D eigenvalue weighted by molar-refractivity contribution is 0.0914. The normalized spacial score (nSPS) is 17.2. The molecule has 0 saturated carbocycles. The lowest BCUT2D eigenvalue weighted by Crippen LogP contribution is -2.37. The predicted octanol–water partition coefficient (Wildman–Crippen LogP) is 2.57. The summed E-state index contributed by atoms with van der Waals surface area (Å²) in [7, 11) is 1.98. The molecule has 8 heteroatoms. The van der Waals surface area contributed by atoms with Crippen LogP contribution in [-0.2, 0) is 13.0 Å². The summed E-state index contributed by atoms with van der Waals surface area (Å²) in [5, 5.41) is 3.03. The summed E-state index contributed by atoms with van der Waals surface area (Å²) in [6, 6.07) is 9.97. The van der Waals surface area contributed by atoms with Gasteiger partial charge in [0, 0.05) is 31.5 Å². The molecule has 0 bridgehead atoms. The third kappa shape index (κ3) is 4.27. The second-order valence-corrected chi connectivity index (χ2v) is 8.64. The van der Waals surface area contributed by atoms with E-state index in [0.717, 1.165) is 24.1 Å². The number of nitrogens with zero attached hydrogens (tertiary/aromatic N) is 3. The number of H-pyrrole nitrogens is 2. The van der Waals surface area contributed by atoms with Crippen LogP contribution in [0.2, 0.25) is 0 Å². The van der Waals surface area contributed by atoms with Crippen molar-refractivity contribution < 1.29 is 4.79 Å². The fourth-order valence-electron chi connectivity index (χ4n) is 3.97. The molecule has 0 saturated heterocycles. The first-order chi connectivity index (χ1) is 14.3. The Morgan fingerprint density at radius 2 is 2.07 bits per heavy atom. The number of aromatic amines is 2. The van der Waals surface area contributed by atoms with E-state index in [1.54, 1.807) is 0 Å². The molecule has 2 aromatic heterocycles. The van der Waals surface area contributed by atoms with Gasteiger partial charge in [-0.15, -0.1) is 0 Å². The molecule has 1 aliphatic carbocycles. The molecule has 1 amide bonds. The lowest BCUT2D eigenvalue weighted by atomic mass is 9.74. The van der Waals surface area contributed by atoms with Crippen molar-refractivity contribution in [2.24, 2.45) is 5.41 Å². The summed E-state index contributed by atoms with van der Waals surface area (Å²) in [6.07, 6.45) is 4.78. The van der Waals surface area contributed by atoms with Crippen molar-refractivity contribution in [3.05, 3.63) is 75.7 Å². The average Bonchev–Trinajstić information content (AvgIpc) is 3.14. The number of amides is 1. The van der Waals surface area contributed by atoms with Crippen LogP contribution < -0.4 is 15.9 Å². The zero-order valence-corrected chi connectivity index (χ0v) is 17.4. The maximum Gasteiger partial charge on any atom is 0.323 e. The maximum absolute atomic E-state index is 12.6. The molecular weight excluding hydrogens is 380 g/mol. The molecule has 30 heavy (non-hydrogen) atoms. The number of anilines is 1.